The lowest BCUT2D eigenvalue weighted by atomic mass is 10.3. The molecule has 0 aromatic heterocycles. The minimum atomic E-state index is 1.05. The first-order valence-electron chi connectivity index (χ1n) is 4.09. The molecule has 0 spiro atoms. The van der Waals surface area contributed by atoms with Gasteiger partial charge in [-0.15, -0.1) is 0 Å². The van der Waals surface area contributed by atoms with Crippen molar-refractivity contribution in [2.24, 2.45) is 4.99 Å². The topological polar surface area (TPSA) is 15.6 Å². The second-order valence-electron chi connectivity index (χ2n) is 2.82. The van der Waals surface area contributed by atoms with Crippen molar-refractivity contribution < 1.29 is 0 Å². The van der Waals surface area contributed by atoms with Crippen LogP contribution >= 0.6 is 0 Å². The maximum Gasteiger partial charge on any atom is 0.0986 e. The SMILES string of the molecule is CCCN(C)C1=NCCC1. The van der Waals surface area contributed by atoms with E-state index in [4.69, 9.17) is 0 Å². The molecule has 0 unspecified atom stereocenters. The van der Waals surface area contributed by atoms with Crippen molar-refractivity contribution in [2.45, 2.75) is 26.2 Å². The minimum absolute atomic E-state index is 1.05. The van der Waals surface area contributed by atoms with Gasteiger partial charge in [0.1, 0.15) is 0 Å². The zero-order valence-electron chi connectivity index (χ0n) is 6.93. The van der Waals surface area contributed by atoms with Gasteiger partial charge in [0.05, 0.1) is 5.84 Å². The first-order chi connectivity index (χ1) is 4.84. The Kier molecular flexibility index (Phi) is 2.72. The summed E-state index contributed by atoms with van der Waals surface area (Å²) in [7, 11) is 2.13. The smallest absolute Gasteiger partial charge is 0.0986 e. The van der Waals surface area contributed by atoms with E-state index in [0.717, 1.165) is 13.1 Å². The van der Waals surface area contributed by atoms with Gasteiger partial charge in [-0.25, -0.2) is 0 Å². The normalized spacial score (nSPS) is 17.2. The van der Waals surface area contributed by atoms with Crippen molar-refractivity contribution in [3.63, 3.8) is 0 Å². The van der Waals surface area contributed by atoms with Crippen LogP contribution in [0.5, 0.6) is 0 Å². The zero-order chi connectivity index (χ0) is 7.40. The number of nitrogens with zero attached hydrogens (tertiary/aromatic N) is 2. The van der Waals surface area contributed by atoms with Gasteiger partial charge in [-0.3, -0.25) is 4.99 Å². The largest absolute Gasteiger partial charge is 0.363 e. The van der Waals surface area contributed by atoms with Gasteiger partial charge in [0.25, 0.3) is 0 Å². The van der Waals surface area contributed by atoms with E-state index in [9.17, 15) is 0 Å². The Hall–Kier alpha value is -0.530. The lowest BCUT2D eigenvalue weighted by Gasteiger charge is -2.17. The van der Waals surface area contributed by atoms with E-state index < -0.39 is 0 Å². The van der Waals surface area contributed by atoms with Crippen molar-refractivity contribution in [1.82, 2.24) is 4.90 Å². The standard InChI is InChI=1S/C8H16N2/c1-3-7-10(2)8-5-4-6-9-8/h3-7H2,1-2H3. The molecule has 2 heteroatoms. The van der Waals surface area contributed by atoms with Gasteiger partial charge in [-0.2, -0.15) is 0 Å². The average molecular weight is 140 g/mol. The van der Waals surface area contributed by atoms with Gasteiger partial charge in [-0.05, 0) is 12.8 Å². The molecule has 0 atom stereocenters. The van der Waals surface area contributed by atoms with Gasteiger partial charge in [0, 0.05) is 26.6 Å². The summed E-state index contributed by atoms with van der Waals surface area (Å²) in [5.74, 6) is 1.31. The van der Waals surface area contributed by atoms with Gasteiger partial charge >= 0.3 is 0 Å². The van der Waals surface area contributed by atoms with E-state index in [2.05, 4.69) is 23.9 Å². The van der Waals surface area contributed by atoms with Crippen LogP contribution in [0, 0.1) is 0 Å². The molecule has 1 heterocycles. The van der Waals surface area contributed by atoms with Crippen molar-refractivity contribution in [1.29, 1.82) is 0 Å². The van der Waals surface area contributed by atoms with Crippen molar-refractivity contribution in [3.8, 4) is 0 Å². The Labute approximate surface area is 62.9 Å². The lowest BCUT2D eigenvalue weighted by Crippen LogP contribution is -2.25. The summed E-state index contributed by atoms with van der Waals surface area (Å²) in [6.07, 6.45) is 3.66. The Balaban J connectivity index is 2.32. The van der Waals surface area contributed by atoms with E-state index in [0.29, 0.717) is 0 Å². The summed E-state index contributed by atoms with van der Waals surface area (Å²) < 4.78 is 0. The van der Waals surface area contributed by atoms with Crippen LogP contribution in [0.25, 0.3) is 0 Å². The first-order valence-corrected chi connectivity index (χ1v) is 4.09. The van der Waals surface area contributed by atoms with E-state index in [1.807, 2.05) is 0 Å². The van der Waals surface area contributed by atoms with E-state index in [-0.39, 0.29) is 0 Å². The summed E-state index contributed by atoms with van der Waals surface area (Å²) in [4.78, 5) is 6.67. The molecule has 10 heavy (non-hydrogen) atoms. The first kappa shape index (κ1) is 7.58. The van der Waals surface area contributed by atoms with E-state index in [1.165, 1.54) is 25.1 Å². The van der Waals surface area contributed by atoms with Crippen molar-refractivity contribution in [3.05, 3.63) is 0 Å². The summed E-state index contributed by atoms with van der Waals surface area (Å²) in [6, 6.07) is 0. The Morgan fingerprint density at radius 3 is 2.90 bits per heavy atom. The van der Waals surface area contributed by atoms with Gasteiger partial charge in [0.15, 0.2) is 0 Å². The molecule has 1 aliphatic heterocycles. The molecular formula is C8H16N2. The molecule has 0 saturated heterocycles. The summed E-state index contributed by atoms with van der Waals surface area (Å²) in [6.45, 7) is 4.40. The maximum absolute atomic E-state index is 4.40. The third kappa shape index (κ3) is 1.72. The highest BCUT2D eigenvalue weighted by Gasteiger charge is 2.09. The molecule has 0 saturated carbocycles. The maximum atomic E-state index is 4.40. The molecule has 0 bridgehead atoms. The highest BCUT2D eigenvalue weighted by atomic mass is 15.2. The highest BCUT2D eigenvalue weighted by molar-refractivity contribution is 5.83. The van der Waals surface area contributed by atoms with Crippen LogP contribution in [0.15, 0.2) is 4.99 Å². The molecule has 0 aromatic rings. The third-order valence-corrected chi connectivity index (χ3v) is 1.85. The molecule has 0 aromatic carbocycles. The Morgan fingerprint density at radius 1 is 1.60 bits per heavy atom. The summed E-state index contributed by atoms with van der Waals surface area (Å²) in [5.41, 5.74) is 0. The van der Waals surface area contributed by atoms with Crippen LogP contribution in [-0.4, -0.2) is 30.9 Å². The fourth-order valence-corrected chi connectivity index (χ4v) is 1.30. The van der Waals surface area contributed by atoms with Gasteiger partial charge in [-0.1, -0.05) is 6.92 Å². The number of rotatable bonds is 2. The number of hydrogen-bond acceptors (Lipinski definition) is 2. The van der Waals surface area contributed by atoms with Crippen molar-refractivity contribution in [2.75, 3.05) is 20.1 Å². The quantitative estimate of drug-likeness (QED) is 0.568. The molecule has 0 amide bonds. The lowest BCUT2D eigenvalue weighted by molar-refractivity contribution is 0.494. The van der Waals surface area contributed by atoms with E-state index in [1.54, 1.807) is 0 Å². The molecule has 0 aliphatic carbocycles. The summed E-state index contributed by atoms with van der Waals surface area (Å²) in [5, 5.41) is 0. The van der Waals surface area contributed by atoms with E-state index >= 15 is 0 Å². The molecule has 1 rings (SSSR count). The van der Waals surface area contributed by atoms with Crippen LogP contribution in [0.4, 0.5) is 0 Å². The predicted molar refractivity (Wildman–Crippen MR) is 44.5 cm³/mol. The van der Waals surface area contributed by atoms with Crippen LogP contribution in [0.3, 0.4) is 0 Å². The van der Waals surface area contributed by atoms with Gasteiger partial charge in [0.2, 0.25) is 0 Å². The summed E-state index contributed by atoms with van der Waals surface area (Å²) >= 11 is 0. The molecule has 1 aliphatic rings. The molecule has 0 N–H and O–H groups in total. The molecule has 0 radical (unpaired) electrons. The van der Waals surface area contributed by atoms with Crippen molar-refractivity contribution >= 4 is 5.84 Å². The molecule has 0 fully saturated rings. The third-order valence-electron chi connectivity index (χ3n) is 1.85. The number of hydrogen-bond donors (Lipinski definition) is 0. The van der Waals surface area contributed by atoms with Crippen LogP contribution in [0.1, 0.15) is 26.2 Å². The fraction of sp³-hybridized carbons (Fsp3) is 0.875. The van der Waals surface area contributed by atoms with Crippen LogP contribution in [-0.2, 0) is 0 Å². The second kappa shape index (κ2) is 3.59. The molecule has 58 valence electrons. The minimum Gasteiger partial charge on any atom is -0.363 e. The Morgan fingerprint density at radius 2 is 2.40 bits per heavy atom. The fourth-order valence-electron chi connectivity index (χ4n) is 1.30. The highest BCUT2D eigenvalue weighted by Crippen LogP contribution is 2.06. The monoisotopic (exact) mass is 140 g/mol. The van der Waals surface area contributed by atoms with Crippen LogP contribution in [0.2, 0.25) is 0 Å². The Bertz CT molecular complexity index is 129. The molecule has 2 nitrogen and oxygen atoms in total. The average Bonchev–Trinajstić information content (AvgIpc) is 2.38. The predicted octanol–water partition coefficient (Wildman–Crippen LogP) is 1.52. The zero-order valence-corrected chi connectivity index (χ0v) is 6.93. The second-order valence-corrected chi connectivity index (χ2v) is 2.82. The number of amidine groups is 1. The number of aliphatic imine (C=N–C) groups is 1. The molecular weight excluding hydrogens is 124 g/mol. The van der Waals surface area contributed by atoms with Gasteiger partial charge < -0.3 is 4.90 Å². The van der Waals surface area contributed by atoms with Crippen LogP contribution < -0.4 is 0 Å².